The lowest BCUT2D eigenvalue weighted by molar-refractivity contribution is 0.476. The summed E-state index contributed by atoms with van der Waals surface area (Å²) < 4.78 is 0. The van der Waals surface area contributed by atoms with Crippen molar-refractivity contribution >= 4 is 16.6 Å². The topological polar surface area (TPSA) is 73.8 Å². The van der Waals surface area contributed by atoms with Crippen LogP contribution in [-0.2, 0) is 6.42 Å². The van der Waals surface area contributed by atoms with Gasteiger partial charge in [0.2, 0.25) is 0 Å². The first-order chi connectivity index (χ1) is 10.2. The van der Waals surface area contributed by atoms with Crippen molar-refractivity contribution < 1.29 is 5.11 Å². The van der Waals surface area contributed by atoms with Crippen molar-refractivity contribution in [3.63, 3.8) is 0 Å². The van der Waals surface area contributed by atoms with Crippen LogP contribution in [0.2, 0.25) is 0 Å². The lowest BCUT2D eigenvalue weighted by Gasteiger charge is -2.09. The highest BCUT2D eigenvalue weighted by Gasteiger charge is 2.04. The second kappa shape index (κ2) is 5.83. The lowest BCUT2D eigenvalue weighted by Crippen LogP contribution is -2.05. The van der Waals surface area contributed by atoms with Gasteiger partial charge >= 0.3 is 0 Å². The zero-order valence-corrected chi connectivity index (χ0v) is 11.9. The van der Waals surface area contributed by atoms with Crippen LogP contribution in [0.25, 0.3) is 10.8 Å². The Morgan fingerprint density at radius 1 is 1.29 bits per heavy atom. The monoisotopic (exact) mass is 282 g/mol. The highest BCUT2D eigenvalue weighted by molar-refractivity contribution is 5.92. The zero-order valence-electron chi connectivity index (χ0n) is 11.9. The number of hydrogen-bond acceptors (Lipinski definition) is 4. The maximum Gasteiger partial charge on any atom is 0.133 e. The minimum Gasteiger partial charge on any atom is -0.508 e. The number of aromatic amines is 1. The molecule has 0 radical (unpaired) electrons. The van der Waals surface area contributed by atoms with Gasteiger partial charge in [0.25, 0.3) is 0 Å². The number of aromatic nitrogens is 3. The molecule has 3 aromatic rings. The van der Waals surface area contributed by atoms with Crippen LogP contribution >= 0.6 is 0 Å². The van der Waals surface area contributed by atoms with Gasteiger partial charge in [-0.25, -0.2) is 4.98 Å². The van der Waals surface area contributed by atoms with Crippen molar-refractivity contribution in [3.05, 3.63) is 47.9 Å². The number of phenolic OH excluding ortho intramolecular Hbond substituents is 1. The van der Waals surface area contributed by atoms with E-state index in [0.717, 1.165) is 41.7 Å². The van der Waals surface area contributed by atoms with Crippen LogP contribution in [0, 0.1) is 6.92 Å². The summed E-state index contributed by atoms with van der Waals surface area (Å²) in [5.74, 6) is 1.07. The maximum absolute atomic E-state index is 9.62. The molecule has 1 aromatic carbocycles. The molecular weight excluding hydrogens is 264 g/mol. The molecule has 0 aliphatic heterocycles. The van der Waals surface area contributed by atoms with E-state index in [1.54, 1.807) is 18.3 Å². The van der Waals surface area contributed by atoms with Crippen molar-refractivity contribution in [2.45, 2.75) is 19.8 Å². The maximum atomic E-state index is 9.62. The van der Waals surface area contributed by atoms with E-state index in [-0.39, 0.29) is 5.75 Å². The van der Waals surface area contributed by atoms with Crippen LogP contribution < -0.4 is 5.32 Å². The molecule has 3 rings (SSSR count). The molecule has 21 heavy (non-hydrogen) atoms. The SMILES string of the molecule is Cc1[nH]ncc1CCCNc1nccc2ccc(O)cc12. The number of aromatic hydroxyl groups is 1. The standard InChI is InChI=1S/C16H18N4O/c1-11-13(10-19-20-11)3-2-7-17-16-15-9-14(21)5-4-12(15)6-8-18-16/h4-6,8-10,21H,2-3,7H2,1H3,(H,17,18)(H,19,20). The molecule has 5 heteroatoms. The highest BCUT2D eigenvalue weighted by atomic mass is 16.3. The Labute approximate surface area is 123 Å². The largest absolute Gasteiger partial charge is 0.508 e. The molecule has 0 bridgehead atoms. The van der Waals surface area contributed by atoms with Gasteiger partial charge in [0.1, 0.15) is 11.6 Å². The number of benzene rings is 1. The van der Waals surface area contributed by atoms with E-state index >= 15 is 0 Å². The molecule has 0 unspecified atom stereocenters. The Kier molecular flexibility index (Phi) is 3.73. The van der Waals surface area contributed by atoms with Crippen LogP contribution in [0.3, 0.4) is 0 Å². The predicted molar refractivity (Wildman–Crippen MR) is 83.5 cm³/mol. The molecule has 0 saturated heterocycles. The molecule has 0 atom stereocenters. The third-order valence-corrected chi connectivity index (χ3v) is 3.60. The first-order valence-corrected chi connectivity index (χ1v) is 7.04. The molecule has 0 saturated carbocycles. The molecule has 0 amide bonds. The number of anilines is 1. The van der Waals surface area contributed by atoms with Crippen LogP contribution in [0.5, 0.6) is 5.75 Å². The smallest absolute Gasteiger partial charge is 0.133 e. The Morgan fingerprint density at radius 2 is 2.19 bits per heavy atom. The van der Waals surface area contributed by atoms with E-state index in [1.165, 1.54) is 5.56 Å². The average molecular weight is 282 g/mol. The molecule has 3 N–H and O–H groups in total. The van der Waals surface area contributed by atoms with Gasteiger partial charge in [-0.15, -0.1) is 0 Å². The number of hydrogen-bond donors (Lipinski definition) is 3. The number of fused-ring (bicyclic) bond motifs is 1. The Balaban J connectivity index is 1.65. The van der Waals surface area contributed by atoms with E-state index in [1.807, 2.05) is 25.3 Å². The van der Waals surface area contributed by atoms with Crippen molar-refractivity contribution in [2.75, 3.05) is 11.9 Å². The molecule has 0 spiro atoms. The van der Waals surface area contributed by atoms with Gasteiger partial charge in [0, 0.05) is 23.8 Å². The molecule has 2 heterocycles. The fraction of sp³-hybridized carbons (Fsp3) is 0.250. The number of nitrogens with one attached hydrogen (secondary N) is 2. The van der Waals surface area contributed by atoms with Crippen LogP contribution in [0.1, 0.15) is 17.7 Å². The van der Waals surface area contributed by atoms with Gasteiger partial charge in [-0.1, -0.05) is 6.07 Å². The molecule has 0 aliphatic carbocycles. The number of H-pyrrole nitrogens is 1. The van der Waals surface area contributed by atoms with Gasteiger partial charge in [-0.3, -0.25) is 5.10 Å². The van der Waals surface area contributed by atoms with E-state index in [4.69, 9.17) is 0 Å². The van der Waals surface area contributed by atoms with Crippen molar-refractivity contribution in [2.24, 2.45) is 0 Å². The summed E-state index contributed by atoms with van der Waals surface area (Å²) in [6.07, 6.45) is 5.63. The third-order valence-electron chi connectivity index (χ3n) is 3.60. The Hall–Kier alpha value is -2.56. The van der Waals surface area contributed by atoms with E-state index in [9.17, 15) is 5.11 Å². The fourth-order valence-electron chi connectivity index (χ4n) is 2.41. The first-order valence-electron chi connectivity index (χ1n) is 7.04. The number of phenols is 1. The zero-order chi connectivity index (χ0) is 14.7. The van der Waals surface area contributed by atoms with Crippen LogP contribution in [0.4, 0.5) is 5.82 Å². The summed E-state index contributed by atoms with van der Waals surface area (Å²) in [5, 5.41) is 21.9. The van der Waals surface area contributed by atoms with Crippen LogP contribution in [0.15, 0.2) is 36.7 Å². The quantitative estimate of drug-likeness (QED) is 0.629. The summed E-state index contributed by atoms with van der Waals surface area (Å²) in [6.45, 7) is 2.86. The van der Waals surface area contributed by atoms with Gasteiger partial charge in [0.05, 0.1) is 6.20 Å². The number of rotatable bonds is 5. The molecule has 0 fully saturated rings. The summed E-state index contributed by atoms with van der Waals surface area (Å²) in [4.78, 5) is 4.36. The molecule has 108 valence electrons. The second-order valence-corrected chi connectivity index (χ2v) is 5.12. The molecule has 5 nitrogen and oxygen atoms in total. The molecular formula is C16H18N4O. The Morgan fingerprint density at radius 3 is 3.00 bits per heavy atom. The summed E-state index contributed by atoms with van der Waals surface area (Å²) in [6, 6.07) is 7.26. The molecule has 2 aromatic heterocycles. The summed E-state index contributed by atoms with van der Waals surface area (Å²) in [5.41, 5.74) is 2.38. The summed E-state index contributed by atoms with van der Waals surface area (Å²) >= 11 is 0. The second-order valence-electron chi connectivity index (χ2n) is 5.12. The van der Waals surface area contributed by atoms with E-state index < -0.39 is 0 Å². The van der Waals surface area contributed by atoms with Gasteiger partial charge in [-0.2, -0.15) is 5.10 Å². The predicted octanol–water partition coefficient (Wildman–Crippen LogP) is 3.02. The minimum absolute atomic E-state index is 0.257. The van der Waals surface area contributed by atoms with Crippen molar-refractivity contribution in [1.29, 1.82) is 0 Å². The third kappa shape index (κ3) is 2.97. The minimum atomic E-state index is 0.257. The molecule has 0 aliphatic rings. The van der Waals surface area contributed by atoms with Crippen molar-refractivity contribution in [1.82, 2.24) is 15.2 Å². The summed E-state index contributed by atoms with van der Waals surface area (Å²) in [7, 11) is 0. The van der Waals surface area contributed by atoms with Gasteiger partial charge in [-0.05, 0) is 48.9 Å². The van der Waals surface area contributed by atoms with Crippen LogP contribution in [-0.4, -0.2) is 26.8 Å². The number of aryl methyl sites for hydroxylation is 2. The normalized spacial score (nSPS) is 10.9. The van der Waals surface area contributed by atoms with E-state index in [0.29, 0.717) is 0 Å². The van der Waals surface area contributed by atoms with Gasteiger partial charge < -0.3 is 10.4 Å². The van der Waals surface area contributed by atoms with E-state index in [2.05, 4.69) is 20.5 Å². The number of nitrogens with zero attached hydrogens (tertiary/aromatic N) is 2. The first kappa shape index (κ1) is 13.4. The average Bonchev–Trinajstić information content (AvgIpc) is 2.89. The Bertz CT molecular complexity index is 751. The van der Waals surface area contributed by atoms with Gasteiger partial charge in [0.15, 0.2) is 0 Å². The fourth-order valence-corrected chi connectivity index (χ4v) is 2.41. The lowest BCUT2D eigenvalue weighted by atomic mass is 10.1. The van der Waals surface area contributed by atoms with Crippen molar-refractivity contribution in [3.8, 4) is 5.75 Å². The highest BCUT2D eigenvalue weighted by Crippen LogP contribution is 2.25. The number of pyridine rings is 1.